The van der Waals surface area contributed by atoms with Crippen LogP contribution in [0.5, 0.6) is 0 Å². The highest BCUT2D eigenvalue weighted by Crippen LogP contribution is 2.18. The van der Waals surface area contributed by atoms with Gasteiger partial charge in [-0.1, -0.05) is 23.7 Å². The summed E-state index contributed by atoms with van der Waals surface area (Å²) in [5.41, 5.74) is 9.23. The van der Waals surface area contributed by atoms with Crippen molar-refractivity contribution < 1.29 is 0 Å². The quantitative estimate of drug-likeness (QED) is 0.849. The van der Waals surface area contributed by atoms with Crippen molar-refractivity contribution in [3.63, 3.8) is 0 Å². The van der Waals surface area contributed by atoms with Gasteiger partial charge in [-0.2, -0.15) is 0 Å². The lowest BCUT2D eigenvalue weighted by Crippen LogP contribution is -2.46. The number of halogens is 1. The maximum Gasteiger partial charge on any atom is 0.0406 e. The molecule has 0 radical (unpaired) electrons. The Morgan fingerprint density at radius 2 is 1.52 bits per heavy atom. The molecule has 3 nitrogen and oxygen atoms in total. The molecular weight excluding hydrogens is 306 g/mol. The molecule has 2 N–H and O–H groups in total. The number of rotatable bonds is 5. The van der Waals surface area contributed by atoms with Crippen molar-refractivity contribution in [2.45, 2.75) is 12.8 Å². The second-order valence-electron chi connectivity index (χ2n) is 6.15. The van der Waals surface area contributed by atoms with Crippen LogP contribution in [0.3, 0.4) is 0 Å². The average Bonchev–Trinajstić information content (AvgIpc) is 2.58. The summed E-state index contributed by atoms with van der Waals surface area (Å²) in [7, 11) is 0. The summed E-state index contributed by atoms with van der Waals surface area (Å²) in [6.45, 7) is 5.60. The first kappa shape index (κ1) is 16.2. The Balaban J connectivity index is 1.40. The summed E-state index contributed by atoms with van der Waals surface area (Å²) >= 11 is 5.92. The second kappa shape index (κ2) is 7.71. The Morgan fingerprint density at radius 1 is 0.870 bits per heavy atom. The van der Waals surface area contributed by atoms with E-state index in [0.29, 0.717) is 0 Å². The van der Waals surface area contributed by atoms with Crippen LogP contribution in [-0.4, -0.2) is 37.6 Å². The van der Waals surface area contributed by atoms with Crippen LogP contribution >= 0.6 is 11.6 Å². The zero-order valence-electron chi connectivity index (χ0n) is 13.4. The van der Waals surface area contributed by atoms with Crippen LogP contribution in [0.2, 0.25) is 5.02 Å². The molecule has 0 bridgehead atoms. The maximum absolute atomic E-state index is 5.92. The molecule has 23 heavy (non-hydrogen) atoms. The molecule has 1 aliphatic rings. The summed E-state index contributed by atoms with van der Waals surface area (Å²) in [4.78, 5) is 5.00. The molecule has 1 saturated heterocycles. The maximum atomic E-state index is 5.92. The normalized spacial score (nSPS) is 15.8. The van der Waals surface area contributed by atoms with E-state index in [-0.39, 0.29) is 0 Å². The average molecular weight is 330 g/mol. The molecule has 2 aromatic rings. The van der Waals surface area contributed by atoms with Crippen molar-refractivity contribution in [2.24, 2.45) is 0 Å². The Labute approximate surface area is 143 Å². The van der Waals surface area contributed by atoms with Crippen LogP contribution in [0.4, 0.5) is 11.4 Å². The topological polar surface area (TPSA) is 32.5 Å². The number of nitrogens with two attached hydrogens (primary N) is 1. The molecule has 2 aromatic carbocycles. The first-order chi connectivity index (χ1) is 11.2. The molecule has 3 rings (SSSR count). The van der Waals surface area contributed by atoms with E-state index in [1.807, 2.05) is 24.3 Å². The molecule has 1 aliphatic heterocycles. The lowest BCUT2D eigenvalue weighted by atomic mass is 10.1. The third-order valence-electron chi connectivity index (χ3n) is 4.48. The van der Waals surface area contributed by atoms with Crippen LogP contribution in [-0.2, 0) is 6.42 Å². The number of piperazine rings is 1. The minimum Gasteiger partial charge on any atom is -0.399 e. The number of aryl methyl sites for hydroxylation is 1. The molecular formula is C19H24ClN3. The molecule has 0 spiro atoms. The van der Waals surface area contributed by atoms with Crippen molar-refractivity contribution in [3.8, 4) is 0 Å². The smallest absolute Gasteiger partial charge is 0.0406 e. The van der Waals surface area contributed by atoms with Crippen molar-refractivity contribution in [1.29, 1.82) is 0 Å². The highest BCUT2D eigenvalue weighted by molar-refractivity contribution is 6.30. The highest BCUT2D eigenvalue weighted by atomic mass is 35.5. The van der Waals surface area contributed by atoms with E-state index in [1.165, 1.54) is 17.7 Å². The van der Waals surface area contributed by atoms with E-state index >= 15 is 0 Å². The zero-order valence-corrected chi connectivity index (χ0v) is 14.2. The Kier molecular flexibility index (Phi) is 5.42. The predicted octanol–water partition coefficient (Wildman–Crippen LogP) is 3.68. The van der Waals surface area contributed by atoms with Gasteiger partial charge in [0.15, 0.2) is 0 Å². The summed E-state index contributed by atoms with van der Waals surface area (Å²) in [5, 5.41) is 0.813. The zero-order chi connectivity index (χ0) is 16.1. The van der Waals surface area contributed by atoms with E-state index in [4.69, 9.17) is 17.3 Å². The third-order valence-corrected chi connectivity index (χ3v) is 4.74. The van der Waals surface area contributed by atoms with Gasteiger partial charge in [-0.05, 0) is 61.3 Å². The molecule has 0 aromatic heterocycles. The second-order valence-corrected chi connectivity index (χ2v) is 6.59. The SMILES string of the molecule is Nc1ccc(N2CCN(CCCc3ccc(Cl)cc3)CC2)cc1. The number of hydrogen-bond donors (Lipinski definition) is 1. The number of benzene rings is 2. The first-order valence-electron chi connectivity index (χ1n) is 8.28. The summed E-state index contributed by atoms with van der Waals surface area (Å²) in [6, 6.07) is 16.4. The fraction of sp³-hybridized carbons (Fsp3) is 0.368. The lowest BCUT2D eigenvalue weighted by Gasteiger charge is -2.36. The molecule has 1 fully saturated rings. The number of nitrogen functional groups attached to an aromatic ring is 1. The van der Waals surface area contributed by atoms with Crippen molar-refractivity contribution in [1.82, 2.24) is 4.90 Å². The number of hydrogen-bond acceptors (Lipinski definition) is 3. The standard InChI is InChI=1S/C19H24ClN3/c20-17-5-3-16(4-6-17)2-1-11-22-12-14-23(15-13-22)19-9-7-18(21)8-10-19/h3-10H,1-2,11-15,21H2. The van der Waals surface area contributed by atoms with Crippen LogP contribution < -0.4 is 10.6 Å². The molecule has 122 valence electrons. The Morgan fingerprint density at radius 3 is 2.17 bits per heavy atom. The number of anilines is 2. The number of nitrogens with zero attached hydrogens (tertiary/aromatic N) is 2. The summed E-state index contributed by atoms with van der Waals surface area (Å²) in [5.74, 6) is 0. The minimum atomic E-state index is 0.813. The van der Waals surface area contributed by atoms with Crippen LogP contribution in [0.25, 0.3) is 0 Å². The van der Waals surface area contributed by atoms with Gasteiger partial charge >= 0.3 is 0 Å². The molecule has 0 amide bonds. The lowest BCUT2D eigenvalue weighted by molar-refractivity contribution is 0.255. The van der Waals surface area contributed by atoms with Gasteiger partial charge in [0.05, 0.1) is 0 Å². The third kappa shape index (κ3) is 4.63. The molecule has 4 heteroatoms. The molecule has 0 aliphatic carbocycles. The van der Waals surface area contributed by atoms with Gasteiger partial charge < -0.3 is 10.6 Å². The van der Waals surface area contributed by atoms with Gasteiger partial charge in [0.1, 0.15) is 0 Å². The van der Waals surface area contributed by atoms with E-state index in [0.717, 1.165) is 49.9 Å². The van der Waals surface area contributed by atoms with Crippen molar-refractivity contribution >= 4 is 23.0 Å². The summed E-state index contributed by atoms with van der Waals surface area (Å²) in [6.07, 6.45) is 2.32. The van der Waals surface area contributed by atoms with Crippen molar-refractivity contribution in [2.75, 3.05) is 43.4 Å². The van der Waals surface area contributed by atoms with Gasteiger partial charge in [0, 0.05) is 42.6 Å². The van der Waals surface area contributed by atoms with Gasteiger partial charge in [-0.15, -0.1) is 0 Å². The highest BCUT2D eigenvalue weighted by Gasteiger charge is 2.16. The molecule has 0 unspecified atom stereocenters. The Bertz CT molecular complexity index is 599. The fourth-order valence-corrected chi connectivity index (χ4v) is 3.20. The molecule has 0 atom stereocenters. The summed E-state index contributed by atoms with van der Waals surface area (Å²) < 4.78 is 0. The van der Waals surface area contributed by atoms with Crippen molar-refractivity contribution in [3.05, 3.63) is 59.1 Å². The monoisotopic (exact) mass is 329 g/mol. The van der Waals surface area contributed by atoms with Gasteiger partial charge in [-0.3, -0.25) is 4.90 Å². The van der Waals surface area contributed by atoms with Gasteiger partial charge in [-0.25, -0.2) is 0 Å². The van der Waals surface area contributed by atoms with Crippen LogP contribution in [0.15, 0.2) is 48.5 Å². The fourth-order valence-electron chi connectivity index (χ4n) is 3.07. The van der Waals surface area contributed by atoms with E-state index in [1.54, 1.807) is 0 Å². The molecule has 1 heterocycles. The van der Waals surface area contributed by atoms with Crippen LogP contribution in [0.1, 0.15) is 12.0 Å². The first-order valence-corrected chi connectivity index (χ1v) is 8.66. The van der Waals surface area contributed by atoms with Crippen LogP contribution in [0, 0.1) is 0 Å². The van der Waals surface area contributed by atoms with E-state index in [9.17, 15) is 0 Å². The largest absolute Gasteiger partial charge is 0.399 e. The molecule has 0 saturated carbocycles. The van der Waals surface area contributed by atoms with Gasteiger partial charge in [0.25, 0.3) is 0 Å². The predicted molar refractivity (Wildman–Crippen MR) is 99.3 cm³/mol. The van der Waals surface area contributed by atoms with E-state index < -0.39 is 0 Å². The van der Waals surface area contributed by atoms with E-state index in [2.05, 4.69) is 34.1 Å². The minimum absolute atomic E-state index is 0.813. The Hall–Kier alpha value is -1.71. The van der Waals surface area contributed by atoms with Gasteiger partial charge in [0.2, 0.25) is 0 Å².